The predicted molar refractivity (Wildman–Crippen MR) is 72.6 cm³/mol. The number of fused-ring (bicyclic) bond motifs is 1. The van der Waals surface area contributed by atoms with E-state index in [9.17, 15) is 0 Å². The molecule has 0 fully saturated rings. The molecule has 0 spiro atoms. The highest BCUT2D eigenvalue weighted by molar-refractivity contribution is 8.01. The lowest BCUT2D eigenvalue weighted by atomic mass is 10.3. The topological polar surface area (TPSA) is 41.6 Å². The monoisotopic (exact) mass is 261 g/mol. The number of para-hydroxylation sites is 1. The molecule has 0 atom stereocenters. The number of aromatic amines is 1. The normalized spacial score (nSPS) is 11.1. The third kappa shape index (κ3) is 2.50. The van der Waals surface area contributed by atoms with Gasteiger partial charge in [0.15, 0.2) is 4.34 Å². The highest BCUT2D eigenvalue weighted by atomic mass is 32.2. The molecule has 0 radical (unpaired) electrons. The SMILES string of the molecule is c1ccc2sc(SCCc3cnc[nH]3)nc2c1. The molecule has 1 N–H and O–H groups in total. The van der Waals surface area contributed by atoms with Gasteiger partial charge in [-0.25, -0.2) is 9.97 Å². The molecule has 86 valence electrons. The average Bonchev–Trinajstić information content (AvgIpc) is 2.96. The van der Waals surface area contributed by atoms with Crippen LogP contribution >= 0.6 is 23.1 Å². The quantitative estimate of drug-likeness (QED) is 0.732. The van der Waals surface area contributed by atoms with Crippen molar-refractivity contribution in [2.45, 2.75) is 10.8 Å². The zero-order valence-corrected chi connectivity index (χ0v) is 10.7. The van der Waals surface area contributed by atoms with Gasteiger partial charge < -0.3 is 4.98 Å². The Morgan fingerprint density at radius 3 is 3.06 bits per heavy atom. The van der Waals surface area contributed by atoms with E-state index < -0.39 is 0 Å². The molecule has 2 heterocycles. The lowest BCUT2D eigenvalue weighted by molar-refractivity contribution is 1.07. The minimum atomic E-state index is 1.00. The van der Waals surface area contributed by atoms with Crippen LogP contribution in [0.5, 0.6) is 0 Å². The molecule has 17 heavy (non-hydrogen) atoms. The number of hydrogen-bond acceptors (Lipinski definition) is 4. The lowest BCUT2D eigenvalue weighted by Gasteiger charge is -1.94. The number of H-pyrrole nitrogens is 1. The van der Waals surface area contributed by atoms with Gasteiger partial charge in [0.2, 0.25) is 0 Å². The second-order valence-corrected chi connectivity index (χ2v) is 6.00. The Balaban J connectivity index is 1.65. The molecule has 1 aromatic carbocycles. The third-order valence-electron chi connectivity index (χ3n) is 2.43. The molecule has 0 saturated heterocycles. The van der Waals surface area contributed by atoms with E-state index in [2.05, 4.69) is 33.2 Å². The van der Waals surface area contributed by atoms with Crippen LogP contribution in [-0.2, 0) is 6.42 Å². The summed E-state index contributed by atoms with van der Waals surface area (Å²) in [5, 5.41) is 0. The molecule has 0 bridgehead atoms. The summed E-state index contributed by atoms with van der Waals surface area (Å²) in [6, 6.07) is 8.26. The van der Waals surface area contributed by atoms with Crippen molar-refractivity contribution < 1.29 is 0 Å². The zero-order chi connectivity index (χ0) is 11.5. The van der Waals surface area contributed by atoms with Crippen LogP contribution < -0.4 is 0 Å². The van der Waals surface area contributed by atoms with Gasteiger partial charge in [-0.15, -0.1) is 11.3 Å². The fraction of sp³-hybridized carbons (Fsp3) is 0.167. The van der Waals surface area contributed by atoms with Crippen LogP contribution in [0.4, 0.5) is 0 Å². The summed E-state index contributed by atoms with van der Waals surface area (Å²) in [6.07, 6.45) is 4.59. The van der Waals surface area contributed by atoms with Gasteiger partial charge in [0.05, 0.1) is 16.5 Å². The summed E-state index contributed by atoms with van der Waals surface area (Å²) in [5.41, 5.74) is 2.28. The first-order valence-electron chi connectivity index (χ1n) is 5.37. The van der Waals surface area contributed by atoms with Gasteiger partial charge in [0.25, 0.3) is 0 Å². The fourth-order valence-corrected chi connectivity index (χ4v) is 3.69. The molecule has 0 aliphatic heterocycles. The summed E-state index contributed by atoms with van der Waals surface area (Å²) in [6.45, 7) is 0. The Morgan fingerprint density at radius 1 is 1.29 bits per heavy atom. The van der Waals surface area contributed by atoms with Crippen molar-refractivity contribution in [2.24, 2.45) is 0 Å². The number of aryl methyl sites for hydroxylation is 1. The molecule has 0 amide bonds. The van der Waals surface area contributed by atoms with Crippen molar-refractivity contribution in [3.63, 3.8) is 0 Å². The number of hydrogen-bond donors (Lipinski definition) is 1. The van der Waals surface area contributed by atoms with Crippen molar-refractivity contribution in [1.29, 1.82) is 0 Å². The van der Waals surface area contributed by atoms with E-state index in [1.807, 2.05) is 12.3 Å². The first kappa shape index (κ1) is 10.8. The molecule has 0 aliphatic rings. The third-order valence-corrected chi connectivity index (χ3v) is 4.61. The summed E-state index contributed by atoms with van der Waals surface area (Å²) in [7, 11) is 0. The van der Waals surface area contributed by atoms with Gasteiger partial charge in [0.1, 0.15) is 0 Å². The number of benzene rings is 1. The van der Waals surface area contributed by atoms with Crippen LogP contribution in [0.1, 0.15) is 5.69 Å². The van der Waals surface area contributed by atoms with Crippen molar-refractivity contribution in [2.75, 3.05) is 5.75 Å². The summed E-state index contributed by atoms with van der Waals surface area (Å²) in [5.74, 6) is 1.03. The van der Waals surface area contributed by atoms with E-state index in [0.717, 1.165) is 22.0 Å². The summed E-state index contributed by atoms with van der Waals surface area (Å²) >= 11 is 3.56. The Morgan fingerprint density at radius 2 is 2.24 bits per heavy atom. The van der Waals surface area contributed by atoms with Crippen LogP contribution in [-0.4, -0.2) is 20.7 Å². The van der Waals surface area contributed by atoms with Gasteiger partial charge in [-0.2, -0.15) is 0 Å². The molecule has 3 aromatic rings. The maximum absolute atomic E-state index is 4.59. The number of thiazole rings is 1. The van der Waals surface area contributed by atoms with Crippen molar-refractivity contribution >= 4 is 33.3 Å². The van der Waals surface area contributed by atoms with Crippen molar-refractivity contribution in [3.8, 4) is 0 Å². The minimum absolute atomic E-state index is 1.00. The first-order valence-corrected chi connectivity index (χ1v) is 7.18. The molecule has 5 heteroatoms. The van der Waals surface area contributed by atoms with Crippen LogP contribution in [0.15, 0.2) is 41.1 Å². The van der Waals surface area contributed by atoms with Gasteiger partial charge in [0, 0.05) is 17.6 Å². The highest BCUT2D eigenvalue weighted by Gasteiger charge is 2.03. The lowest BCUT2D eigenvalue weighted by Crippen LogP contribution is -1.87. The number of nitrogens with zero attached hydrogens (tertiary/aromatic N) is 2. The summed E-state index contributed by atoms with van der Waals surface area (Å²) in [4.78, 5) is 11.7. The first-order chi connectivity index (χ1) is 8.42. The fourth-order valence-electron chi connectivity index (χ4n) is 1.58. The molecule has 0 aliphatic carbocycles. The smallest absolute Gasteiger partial charge is 0.151 e. The number of nitrogens with one attached hydrogen (secondary N) is 1. The van der Waals surface area contributed by atoms with Gasteiger partial charge >= 0.3 is 0 Å². The van der Waals surface area contributed by atoms with Crippen LogP contribution in [0.25, 0.3) is 10.2 Å². The van der Waals surface area contributed by atoms with Crippen molar-refractivity contribution in [1.82, 2.24) is 15.0 Å². The molecule has 0 unspecified atom stereocenters. The predicted octanol–water partition coefficient (Wildman–Crippen LogP) is 3.35. The zero-order valence-electron chi connectivity index (χ0n) is 9.09. The number of thioether (sulfide) groups is 1. The van der Waals surface area contributed by atoms with Crippen LogP contribution in [0, 0.1) is 0 Å². The molecule has 0 saturated carbocycles. The van der Waals surface area contributed by atoms with Gasteiger partial charge in [-0.1, -0.05) is 23.9 Å². The number of rotatable bonds is 4. The Labute approximate surface area is 107 Å². The standard InChI is InChI=1S/C12H11N3S2/c1-2-4-11-10(3-1)15-12(17-11)16-6-5-9-7-13-8-14-9/h1-4,7-8H,5-6H2,(H,13,14). The largest absolute Gasteiger partial charge is 0.348 e. The van der Waals surface area contributed by atoms with Gasteiger partial charge in [-0.3, -0.25) is 0 Å². The maximum atomic E-state index is 4.59. The van der Waals surface area contributed by atoms with E-state index >= 15 is 0 Å². The molecule has 2 aromatic heterocycles. The Hall–Kier alpha value is -1.33. The van der Waals surface area contributed by atoms with E-state index in [4.69, 9.17) is 0 Å². The van der Waals surface area contributed by atoms with E-state index in [1.165, 1.54) is 10.4 Å². The second-order valence-electron chi connectivity index (χ2n) is 3.62. The van der Waals surface area contributed by atoms with Crippen LogP contribution in [0.2, 0.25) is 0 Å². The Kier molecular flexibility index (Phi) is 3.11. The minimum Gasteiger partial charge on any atom is -0.348 e. The maximum Gasteiger partial charge on any atom is 0.151 e. The highest BCUT2D eigenvalue weighted by Crippen LogP contribution is 2.29. The molecular formula is C12H11N3S2. The second kappa shape index (κ2) is 4.89. The van der Waals surface area contributed by atoms with Crippen molar-refractivity contribution in [3.05, 3.63) is 42.5 Å². The summed E-state index contributed by atoms with van der Waals surface area (Å²) < 4.78 is 2.40. The number of imidazole rings is 1. The number of aromatic nitrogens is 3. The van der Waals surface area contributed by atoms with Crippen LogP contribution in [0.3, 0.4) is 0 Å². The average molecular weight is 261 g/mol. The molecular weight excluding hydrogens is 250 g/mol. The van der Waals surface area contributed by atoms with E-state index in [0.29, 0.717) is 0 Å². The molecule has 3 nitrogen and oxygen atoms in total. The van der Waals surface area contributed by atoms with E-state index in [1.54, 1.807) is 29.4 Å². The van der Waals surface area contributed by atoms with Gasteiger partial charge in [-0.05, 0) is 18.6 Å². The van der Waals surface area contributed by atoms with E-state index in [-0.39, 0.29) is 0 Å². The Bertz CT molecular complexity index is 568. The molecule has 3 rings (SSSR count).